The first-order chi connectivity index (χ1) is 13.0. The van der Waals surface area contributed by atoms with Gasteiger partial charge in [0.05, 0.1) is 37.2 Å². The predicted molar refractivity (Wildman–Crippen MR) is 102 cm³/mol. The standard InChI is InChI=1S/C18H17N5O3S/c1-10-12(7-19)20-8-13-17(10)23-18(22-13)27-9-16(24)21-11-4-5-14(25-2)15(6-11)26-3/h4-6,8H,9H2,1-3H3,(H,21,24)(H,22,23). The highest BCUT2D eigenvalue weighted by Gasteiger charge is 2.12. The van der Waals surface area contributed by atoms with Crippen LogP contribution in [0.5, 0.6) is 11.5 Å². The molecule has 1 aromatic carbocycles. The Hall–Kier alpha value is -3.25. The van der Waals surface area contributed by atoms with Crippen molar-refractivity contribution in [2.24, 2.45) is 0 Å². The first kappa shape index (κ1) is 18.5. The fraction of sp³-hybridized carbons (Fsp3) is 0.222. The van der Waals surface area contributed by atoms with E-state index in [2.05, 4.69) is 20.3 Å². The second-order valence-corrected chi connectivity index (χ2v) is 6.52. The highest BCUT2D eigenvalue weighted by Crippen LogP contribution is 2.30. The van der Waals surface area contributed by atoms with Gasteiger partial charge >= 0.3 is 0 Å². The van der Waals surface area contributed by atoms with Crippen LogP contribution in [0.15, 0.2) is 29.6 Å². The Balaban J connectivity index is 1.67. The van der Waals surface area contributed by atoms with Crippen LogP contribution in [0, 0.1) is 18.3 Å². The van der Waals surface area contributed by atoms with Crippen molar-refractivity contribution in [1.29, 1.82) is 5.26 Å². The van der Waals surface area contributed by atoms with Crippen LogP contribution >= 0.6 is 11.8 Å². The van der Waals surface area contributed by atoms with E-state index < -0.39 is 0 Å². The molecule has 0 atom stereocenters. The van der Waals surface area contributed by atoms with Gasteiger partial charge in [0, 0.05) is 17.3 Å². The fourth-order valence-electron chi connectivity index (χ4n) is 2.51. The number of carbonyl (C=O) groups excluding carboxylic acids is 1. The van der Waals surface area contributed by atoms with Crippen molar-refractivity contribution in [2.45, 2.75) is 12.1 Å². The summed E-state index contributed by atoms with van der Waals surface area (Å²) in [6.07, 6.45) is 1.57. The summed E-state index contributed by atoms with van der Waals surface area (Å²) in [5, 5.41) is 12.4. The molecule has 0 radical (unpaired) electrons. The van der Waals surface area contributed by atoms with Crippen molar-refractivity contribution < 1.29 is 14.3 Å². The number of H-pyrrole nitrogens is 1. The third-order valence-corrected chi connectivity index (χ3v) is 4.73. The van der Waals surface area contributed by atoms with E-state index in [1.165, 1.54) is 18.9 Å². The zero-order valence-corrected chi connectivity index (χ0v) is 15.8. The summed E-state index contributed by atoms with van der Waals surface area (Å²) in [5.74, 6) is 1.12. The minimum atomic E-state index is -0.180. The van der Waals surface area contributed by atoms with Crippen molar-refractivity contribution in [3.63, 3.8) is 0 Å². The van der Waals surface area contributed by atoms with Crippen LogP contribution < -0.4 is 14.8 Å². The highest BCUT2D eigenvalue weighted by molar-refractivity contribution is 7.99. The molecule has 0 unspecified atom stereocenters. The molecule has 3 rings (SSSR count). The number of aromatic amines is 1. The Morgan fingerprint density at radius 3 is 2.81 bits per heavy atom. The number of rotatable bonds is 6. The molecule has 2 N–H and O–H groups in total. The van der Waals surface area contributed by atoms with Gasteiger partial charge < -0.3 is 19.8 Å². The van der Waals surface area contributed by atoms with Gasteiger partial charge in [-0.15, -0.1) is 0 Å². The number of carbonyl (C=O) groups is 1. The number of nitriles is 1. The minimum Gasteiger partial charge on any atom is -0.493 e. The summed E-state index contributed by atoms with van der Waals surface area (Å²) in [7, 11) is 3.09. The van der Waals surface area contributed by atoms with Gasteiger partial charge in [0.15, 0.2) is 16.7 Å². The smallest absolute Gasteiger partial charge is 0.234 e. The zero-order chi connectivity index (χ0) is 19.4. The van der Waals surface area contributed by atoms with Crippen LogP contribution in [0.1, 0.15) is 11.3 Å². The molecule has 0 bridgehead atoms. The lowest BCUT2D eigenvalue weighted by atomic mass is 10.2. The number of imidazole rings is 1. The zero-order valence-electron chi connectivity index (χ0n) is 15.0. The van der Waals surface area contributed by atoms with E-state index in [0.717, 1.165) is 5.52 Å². The largest absolute Gasteiger partial charge is 0.493 e. The molecule has 8 nitrogen and oxygen atoms in total. The molecule has 0 fully saturated rings. The number of amides is 1. The van der Waals surface area contributed by atoms with Crippen molar-refractivity contribution in [3.8, 4) is 17.6 Å². The average Bonchev–Trinajstić information content (AvgIpc) is 3.10. The molecule has 1 amide bonds. The molecular weight excluding hydrogens is 366 g/mol. The summed E-state index contributed by atoms with van der Waals surface area (Å²) in [6, 6.07) is 7.20. The normalized spacial score (nSPS) is 10.4. The average molecular weight is 383 g/mol. The fourth-order valence-corrected chi connectivity index (χ4v) is 3.19. The topological polar surface area (TPSA) is 113 Å². The van der Waals surface area contributed by atoms with Gasteiger partial charge in [-0.25, -0.2) is 9.97 Å². The molecule has 9 heteroatoms. The van der Waals surface area contributed by atoms with Crippen LogP contribution in [-0.4, -0.2) is 40.8 Å². The van der Waals surface area contributed by atoms with Gasteiger partial charge in [-0.05, 0) is 19.1 Å². The maximum Gasteiger partial charge on any atom is 0.234 e. The molecule has 0 saturated heterocycles. The molecule has 3 aromatic rings. The highest BCUT2D eigenvalue weighted by atomic mass is 32.2. The van der Waals surface area contributed by atoms with Crippen LogP contribution in [0.2, 0.25) is 0 Å². The number of nitrogens with zero attached hydrogens (tertiary/aromatic N) is 3. The number of hydrogen-bond acceptors (Lipinski definition) is 7. The van der Waals surface area contributed by atoms with Crippen molar-refractivity contribution >= 4 is 34.4 Å². The van der Waals surface area contributed by atoms with Gasteiger partial charge in [-0.1, -0.05) is 11.8 Å². The Bertz CT molecular complexity index is 1040. The quantitative estimate of drug-likeness (QED) is 0.629. The Morgan fingerprint density at radius 1 is 1.33 bits per heavy atom. The summed E-state index contributed by atoms with van der Waals surface area (Å²) in [4.78, 5) is 23.9. The van der Waals surface area contributed by atoms with Crippen molar-refractivity contribution in [2.75, 3.05) is 25.3 Å². The third-order valence-electron chi connectivity index (χ3n) is 3.86. The predicted octanol–water partition coefficient (Wildman–Crippen LogP) is 2.89. The number of aromatic nitrogens is 3. The number of aryl methyl sites for hydroxylation is 1. The molecule has 0 aliphatic carbocycles. The molecule has 0 aliphatic heterocycles. The van der Waals surface area contributed by atoms with E-state index in [1.807, 2.05) is 6.07 Å². The molecule has 27 heavy (non-hydrogen) atoms. The molecule has 2 heterocycles. The number of anilines is 1. The van der Waals surface area contributed by atoms with Crippen LogP contribution in [0.4, 0.5) is 5.69 Å². The molecule has 0 aliphatic rings. The van der Waals surface area contributed by atoms with Crippen LogP contribution in [0.25, 0.3) is 11.0 Å². The van der Waals surface area contributed by atoms with Gasteiger partial charge in [-0.3, -0.25) is 4.79 Å². The number of pyridine rings is 1. The Kier molecular flexibility index (Phi) is 5.47. The number of methoxy groups -OCH3 is 2. The first-order valence-electron chi connectivity index (χ1n) is 7.95. The number of ether oxygens (including phenoxy) is 2. The summed E-state index contributed by atoms with van der Waals surface area (Å²) in [5.41, 5.74) is 3.09. The monoisotopic (exact) mass is 383 g/mol. The second kappa shape index (κ2) is 7.97. The Morgan fingerprint density at radius 2 is 2.11 bits per heavy atom. The summed E-state index contributed by atoms with van der Waals surface area (Å²) in [6.45, 7) is 1.80. The van der Waals surface area contributed by atoms with E-state index in [0.29, 0.717) is 39.1 Å². The maximum atomic E-state index is 12.2. The second-order valence-electron chi connectivity index (χ2n) is 5.55. The number of nitrogens with one attached hydrogen (secondary N) is 2. The summed E-state index contributed by atoms with van der Waals surface area (Å²) >= 11 is 1.27. The number of hydrogen-bond donors (Lipinski definition) is 2. The minimum absolute atomic E-state index is 0.172. The lowest BCUT2D eigenvalue weighted by molar-refractivity contribution is -0.113. The molecule has 0 saturated carbocycles. The molecule has 0 spiro atoms. The van der Waals surface area contributed by atoms with Gasteiger partial charge in [0.25, 0.3) is 0 Å². The SMILES string of the molecule is COc1ccc(NC(=O)CSc2nc3c(C)c(C#N)ncc3[nH]2)cc1OC. The number of benzene rings is 1. The van der Waals surface area contributed by atoms with Gasteiger partial charge in [0.1, 0.15) is 11.8 Å². The molecule has 138 valence electrons. The van der Waals surface area contributed by atoms with Crippen LogP contribution in [-0.2, 0) is 4.79 Å². The number of thioether (sulfide) groups is 1. The van der Waals surface area contributed by atoms with E-state index in [-0.39, 0.29) is 11.7 Å². The Labute approximate surface area is 159 Å². The van der Waals surface area contributed by atoms with E-state index in [1.54, 1.807) is 38.4 Å². The first-order valence-corrected chi connectivity index (χ1v) is 8.94. The summed E-state index contributed by atoms with van der Waals surface area (Å²) < 4.78 is 10.4. The molecular formula is C18H17N5O3S. The number of fused-ring (bicyclic) bond motifs is 1. The van der Waals surface area contributed by atoms with Crippen LogP contribution in [0.3, 0.4) is 0 Å². The van der Waals surface area contributed by atoms with E-state index >= 15 is 0 Å². The lowest BCUT2D eigenvalue weighted by Gasteiger charge is -2.10. The lowest BCUT2D eigenvalue weighted by Crippen LogP contribution is -2.14. The van der Waals surface area contributed by atoms with E-state index in [9.17, 15) is 4.79 Å². The van der Waals surface area contributed by atoms with Gasteiger partial charge in [-0.2, -0.15) is 5.26 Å². The third kappa shape index (κ3) is 3.96. The van der Waals surface area contributed by atoms with E-state index in [4.69, 9.17) is 14.7 Å². The maximum absolute atomic E-state index is 12.2. The van der Waals surface area contributed by atoms with Crippen molar-refractivity contribution in [3.05, 3.63) is 35.7 Å². The van der Waals surface area contributed by atoms with Gasteiger partial charge in [0.2, 0.25) is 5.91 Å². The van der Waals surface area contributed by atoms with Crippen molar-refractivity contribution in [1.82, 2.24) is 15.0 Å². The molecule has 2 aromatic heterocycles.